The predicted octanol–water partition coefficient (Wildman–Crippen LogP) is 13.0. The summed E-state index contributed by atoms with van der Waals surface area (Å²) in [7, 11) is 0. The molecule has 3 heterocycles. The van der Waals surface area contributed by atoms with Crippen LogP contribution in [0.1, 0.15) is 0 Å². The van der Waals surface area contributed by atoms with Crippen molar-refractivity contribution in [3.8, 4) is 45.0 Å². The zero-order valence-corrected chi connectivity index (χ0v) is 28.6. The van der Waals surface area contributed by atoms with Crippen LogP contribution in [-0.4, -0.2) is 14.1 Å². The zero-order valence-electron chi connectivity index (χ0n) is 28.6. The van der Waals surface area contributed by atoms with Gasteiger partial charge in [0.2, 0.25) is 0 Å². The molecule has 0 atom stereocenters. The van der Waals surface area contributed by atoms with Crippen LogP contribution in [0.15, 0.2) is 192 Å². The minimum Gasteiger partial charge on any atom is -0.455 e. The number of rotatable bonds is 5. The van der Waals surface area contributed by atoms with Crippen molar-refractivity contribution in [1.82, 2.24) is 14.1 Å². The van der Waals surface area contributed by atoms with Gasteiger partial charge in [-0.05, 0) is 77.4 Å². The maximum Gasteiger partial charge on any atom is 0.145 e. The zero-order chi connectivity index (χ0) is 34.9. The maximum atomic E-state index is 6.45. The van der Waals surface area contributed by atoms with Gasteiger partial charge in [-0.1, -0.05) is 127 Å². The highest BCUT2D eigenvalue weighted by molar-refractivity contribution is 6.13. The largest absolute Gasteiger partial charge is 0.455 e. The Labute approximate surface area is 305 Å². The fourth-order valence-corrected chi connectivity index (χ4v) is 8.11. The van der Waals surface area contributed by atoms with Crippen LogP contribution < -0.4 is 0 Å². The third-order valence-corrected chi connectivity index (χ3v) is 10.5. The van der Waals surface area contributed by atoms with Crippen LogP contribution in [0.25, 0.3) is 99.8 Å². The molecule has 0 unspecified atom stereocenters. The average molecular weight is 678 g/mol. The van der Waals surface area contributed by atoms with E-state index in [0.29, 0.717) is 0 Å². The highest BCUT2D eigenvalue weighted by Crippen LogP contribution is 2.40. The molecule has 11 aromatic rings. The van der Waals surface area contributed by atoms with Crippen molar-refractivity contribution in [1.29, 1.82) is 0 Å². The molecule has 0 aliphatic heterocycles. The quantitative estimate of drug-likeness (QED) is 0.182. The van der Waals surface area contributed by atoms with Crippen molar-refractivity contribution in [2.75, 3.05) is 0 Å². The molecule has 248 valence electrons. The molecule has 8 aromatic carbocycles. The van der Waals surface area contributed by atoms with E-state index in [-0.39, 0.29) is 0 Å². The lowest BCUT2D eigenvalue weighted by molar-refractivity contribution is 0.670. The molecule has 0 N–H and O–H groups in total. The van der Waals surface area contributed by atoms with Gasteiger partial charge in [0.1, 0.15) is 17.0 Å². The second-order valence-corrected chi connectivity index (χ2v) is 13.6. The molecular formula is C49H31N3O. The first-order chi connectivity index (χ1) is 26.3. The normalized spacial score (nSPS) is 11.8. The van der Waals surface area contributed by atoms with Crippen molar-refractivity contribution in [3.05, 3.63) is 188 Å². The topological polar surface area (TPSA) is 35.9 Å². The van der Waals surface area contributed by atoms with Crippen LogP contribution in [0.3, 0.4) is 0 Å². The molecule has 0 saturated heterocycles. The van der Waals surface area contributed by atoms with Crippen LogP contribution in [0.5, 0.6) is 0 Å². The summed E-state index contributed by atoms with van der Waals surface area (Å²) in [6, 6.07) is 66.6. The summed E-state index contributed by atoms with van der Waals surface area (Å²) in [6.07, 6.45) is 0. The third kappa shape index (κ3) is 4.66. The van der Waals surface area contributed by atoms with Gasteiger partial charge in [0.15, 0.2) is 0 Å². The number of aromatic nitrogens is 3. The molecule has 4 heteroatoms. The molecule has 0 spiro atoms. The smallest absolute Gasteiger partial charge is 0.145 e. The minimum absolute atomic E-state index is 0.903. The number of hydrogen-bond donors (Lipinski definition) is 0. The van der Waals surface area contributed by atoms with E-state index < -0.39 is 0 Å². The molecule has 3 aromatic heterocycles. The molecular weight excluding hydrogens is 647 g/mol. The molecule has 0 fully saturated rings. The van der Waals surface area contributed by atoms with E-state index >= 15 is 0 Å². The number of fused-ring (bicyclic) bond motifs is 7. The van der Waals surface area contributed by atoms with Gasteiger partial charge in [0.25, 0.3) is 0 Å². The molecule has 0 bridgehead atoms. The molecule has 0 aliphatic carbocycles. The summed E-state index contributed by atoms with van der Waals surface area (Å²) in [5.41, 5.74) is 13.9. The van der Waals surface area contributed by atoms with Crippen LogP contribution in [-0.2, 0) is 0 Å². The highest BCUT2D eigenvalue weighted by atomic mass is 16.3. The monoisotopic (exact) mass is 677 g/mol. The fourth-order valence-electron chi connectivity index (χ4n) is 8.11. The van der Waals surface area contributed by atoms with E-state index in [1.54, 1.807) is 0 Å². The second-order valence-electron chi connectivity index (χ2n) is 13.6. The van der Waals surface area contributed by atoms with Crippen LogP contribution in [0, 0.1) is 0 Å². The first-order valence-electron chi connectivity index (χ1n) is 18.0. The van der Waals surface area contributed by atoms with Crippen LogP contribution in [0.4, 0.5) is 0 Å². The minimum atomic E-state index is 0.903. The molecule has 53 heavy (non-hydrogen) atoms. The fraction of sp³-hybridized carbons (Fsp3) is 0. The van der Waals surface area contributed by atoms with Crippen molar-refractivity contribution in [2.24, 2.45) is 0 Å². The van der Waals surface area contributed by atoms with Gasteiger partial charge < -0.3 is 8.98 Å². The number of benzene rings is 8. The SMILES string of the molecule is c1ccc(-c2cccc(-n3c(-c4cccc(-n5c6ccccc6c6cc(-c7cccc8c7oc7ccccc78)ccc65)c4)nc4ccccc43)c2)cc1. The Hall–Kier alpha value is -7.17. The summed E-state index contributed by atoms with van der Waals surface area (Å²) in [5.74, 6) is 0.903. The number of furan rings is 1. The van der Waals surface area contributed by atoms with E-state index in [1.165, 1.54) is 21.9 Å². The molecule has 0 aliphatic rings. The standard InChI is InChI=1S/C49H31N3O/c1-2-13-32(14-3-1)33-15-10-18-37(29-33)52-46-25-8-6-23-43(46)50-49(52)35-16-11-17-36(30-35)51-44-24-7-4-19-39(44)42-31-34(27-28-45(42)51)38-21-12-22-41-40-20-5-9-26-47(40)53-48(38)41/h1-31H. The Morgan fingerprint density at radius 2 is 1.02 bits per heavy atom. The first-order valence-corrected chi connectivity index (χ1v) is 18.0. The Bertz CT molecular complexity index is 3180. The predicted molar refractivity (Wildman–Crippen MR) is 219 cm³/mol. The molecule has 0 radical (unpaired) electrons. The second kappa shape index (κ2) is 11.7. The summed E-state index contributed by atoms with van der Waals surface area (Å²) in [6.45, 7) is 0. The van der Waals surface area contributed by atoms with Gasteiger partial charge in [-0.3, -0.25) is 4.57 Å². The molecule has 0 amide bonds. The summed E-state index contributed by atoms with van der Waals surface area (Å²) in [5, 5.41) is 4.67. The van der Waals surface area contributed by atoms with E-state index in [1.807, 2.05) is 12.1 Å². The number of hydrogen-bond acceptors (Lipinski definition) is 2. The van der Waals surface area contributed by atoms with Crippen molar-refractivity contribution >= 4 is 54.8 Å². The third-order valence-electron chi connectivity index (χ3n) is 10.5. The Morgan fingerprint density at radius 1 is 0.377 bits per heavy atom. The van der Waals surface area contributed by atoms with Crippen LogP contribution in [0.2, 0.25) is 0 Å². The first kappa shape index (κ1) is 29.5. The van der Waals surface area contributed by atoms with Gasteiger partial charge in [-0.2, -0.15) is 0 Å². The lowest BCUT2D eigenvalue weighted by Gasteiger charge is -2.13. The Kier molecular flexibility index (Phi) is 6.52. The average Bonchev–Trinajstić information content (AvgIpc) is 3.91. The molecule has 4 nitrogen and oxygen atoms in total. The summed E-state index contributed by atoms with van der Waals surface area (Å²) >= 11 is 0. The Balaban J connectivity index is 1.08. The Morgan fingerprint density at radius 3 is 1.91 bits per heavy atom. The maximum absolute atomic E-state index is 6.45. The number of para-hydroxylation sites is 5. The molecule has 0 saturated carbocycles. The van der Waals surface area contributed by atoms with Gasteiger partial charge >= 0.3 is 0 Å². The van der Waals surface area contributed by atoms with Gasteiger partial charge in [-0.15, -0.1) is 0 Å². The van der Waals surface area contributed by atoms with Crippen LogP contribution >= 0.6 is 0 Å². The summed E-state index contributed by atoms with van der Waals surface area (Å²) < 4.78 is 11.1. The molecule has 11 rings (SSSR count). The van der Waals surface area contributed by atoms with Crippen molar-refractivity contribution in [2.45, 2.75) is 0 Å². The van der Waals surface area contributed by atoms with E-state index in [4.69, 9.17) is 9.40 Å². The highest BCUT2D eigenvalue weighted by Gasteiger charge is 2.19. The van der Waals surface area contributed by atoms with Crippen molar-refractivity contribution < 1.29 is 4.42 Å². The van der Waals surface area contributed by atoms with E-state index in [0.717, 1.165) is 77.9 Å². The van der Waals surface area contributed by atoms with E-state index in [9.17, 15) is 0 Å². The van der Waals surface area contributed by atoms with Gasteiger partial charge in [0.05, 0.1) is 22.1 Å². The lowest BCUT2D eigenvalue weighted by atomic mass is 10.0. The summed E-state index contributed by atoms with van der Waals surface area (Å²) in [4.78, 5) is 5.24. The lowest BCUT2D eigenvalue weighted by Crippen LogP contribution is -1.99. The number of nitrogens with zero attached hydrogens (tertiary/aromatic N) is 3. The van der Waals surface area contributed by atoms with Gasteiger partial charge in [0, 0.05) is 44.0 Å². The van der Waals surface area contributed by atoms with Gasteiger partial charge in [-0.25, -0.2) is 4.98 Å². The van der Waals surface area contributed by atoms with Crippen molar-refractivity contribution in [3.63, 3.8) is 0 Å². The number of imidazole rings is 1. The van der Waals surface area contributed by atoms with E-state index in [2.05, 4.69) is 185 Å².